The van der Waals surface area contributed by atoms with Gasteiger partial charge in [0.1, 0.15) is 18.0 Å². The summed E-state index contributed by atoms with van der Waals surface area (Å²) >= 11 is 3.28. The number of anilines is 1. The van der Waals surface area contributed by atoms with Crippen LogP contribution in [0.15, 0.2) is 33.3 Å². The number of rotatable bonds is 4. The molecule has 0 fully saturated rings. The molecular weight excluding hydrogens is 475 g/mol. The summed E-state index contributed by atoms with van der Waals surface area (Å²) in [5.74, 6) is -9.28. The number of amides is 1. The molecule has 0 unspecified atom stereocenters. The molecule has 0 aromatic heterocycles. The fraction of sp³-hybridized carbons (Fsp3) is 0.100. The molecule has 1 aliphatic rings. The molecule has 0 saturated carbocycles. The highest BCUT2D eigenvalue weighted by molar-refractivity contribution is 9.10. The van der Waals surface area contributed by atoms with Crippen LogP contribution in [-0.4, -0.2) is 18.2 Å². The molecule has 0 bridgehead atoms. The molecule has 1 aliphatic heterocycles. The third-order valence-electron chi connectivity index (χ3n) is 4.04. The largest absolute Gasteiger partial charge is 0.480 e. The van der Waals surface area contributed by atoms with Gasteiger partial charge in [-0.2, -0.15) is 10.1 Å². The fourth-order valence-corrected chi connectivity index (χ4v) is 3.14. The Kier molecular flexibility index (Phi) is 5.94. The van der Waals surface area contributed by atoms with Crippen LogP contribution < -0.4 is 9.75 Å². The molecule has 1 heterocycles. The molecule has 10 heteroatoms. The van der Waals surface area contributed by atoms with Crippen molar-refractivity contribution in [2.24, 2.45) is 5.10 Å². The minimum absolute atomic E-state index is 0.0210. The Balaban J connectivity index is 2.00. The van der Waals surface area contributed by atoms with E-state index in [1.807, 2.05) is 0 Å². The van der Waals surface area contributed by atoms with Crippen LogP contribution in [0, 0.1) is 41.4 Å². The van der Waals surface area contributed by atoms with E-state index in [4.69, 9.17) is 11.2 Å². The van der Waals surface area contributed by atoms with Crippen molar-refractivity contribution in [1.82, 2.24) is 0 Å². The maximum absolute atomic E-state index is 14.1. The molecule has 30 heavy (non-hydrogen) atoms. The first-order valence-corrected chi connectivity index (χ1v) is 8.95. The van der Waals surface area contributed by atoms with E-state index < -0.39 is 40.7 Å². The number of carbonyl (C=O) groups is 1. The summed E-state index contributed by atoms with van der Waals surface area (Å²) in [4.78, 5) is 12.6. The van der Waals surface area contributed by atoms with Gasteiger partial charge in [-0.25, -0.2) is 22.0 Å². The lowest BCUT2D eigenvalue weighted by atomic mass is 10.1. The lowest BCUT2D eigenvalue weighted by molar-refractivity contribution is -0.114. The minimum Gasteiger partial charge on any atom is -0.480 e. The van der Waals surface area contributed by atoms with Crippen molar-refractivity contribution in [2.45, 2.75) is 6.92 Å². The maximum Gasteiger partial charge on any atom is 0.280 e. The lowest BCUT2D eigenvalue weighted by Crippen LogP contribution is -2.25. The SMILES string of the molecule is C#CCOc1ccc(/C=C2/C(=O)N(c3c(F)c(F)c(F)c(F)c3F)N=C2C)cc1Br. The van der Waals surface area contributed by atoms with Crippen LogP contribution in [0.5, 0.6) is 5.75 Å². The number of ether oxygens (including phenoxy) is 1. The zero-order chi connectivity index (χ0) is 22.2. The quantitative estimate of drug-likeness (QED) is 0.202. The van der Waals surface area contributed by atoms with Gasteiger partial charge in [0.05, 0.1) is 15.8 Å². The van der Waals surface area contributed by atoms with Crippen molar-refractivity contribution in [3.8, 4) is 18.1 Å². The summed E-state index contributed by atoms with van der Waals surface area (Å²) in [6.45, 7) is 1.40. The molecule has 0 atom stereocenters. The zero-order valence-electron chi connectivity index (χ0n) is 15.1. The van der Waals surface area contributed by atoms with Crippen molar-refractivity contribution >= 4 is 39.3 Å². The van der Waals surface area contributed by atoms with Gasteiger partial charge in [0.2, 0.25) is 5.82 Å². The molecule has 2 aromatic rings. The standard InChI is InChI=1S/C20H10BrF5N2O2/c1-3-6-30-13-5-4-10(8-12(13)21)7-11-9(2)27-28(20(11)29)19-17(25)15(23)14(22)16(24)18(19)26/h1,4-5,7-8H,6H2,2H3/b11-7+. The van der Waals surface area contributed by atoms with Crippen LogP contribution in [-0.2, 0) is 4.79 Å². The van der Waals surface area contributed by atoms with Crippen molar-refractivity contribution in [1.29, 1.82) is 0 Å². The second-order valence-corrected chi connectivity index (χ2v) is 6.82. The highest BCUT2D eigenvalue weighted by Gasteiger charge is 2.37. The Hall–Kier alpha value is -3.19. The van der Waals surface area contributed by atoms with Gasteiger partial charge in [-0.05, 0) is 46.6 Å². The molecule has 0 spiro atoms. The maximum atomic E-state index is 14.1. The van der Waals surface area contributed by atoms with Crippen LogP contribution >= 0.6 is 15.9 Å². The first-order chi connectivity index (χ1) is 14.2. The van der Waals surface area contributed by atoms with Crippen LogP contribution in [0.25, 0.3) is 6.08 Å². The van der Waals surface area contributed by atoms with Crippen LogP contribution in [0.1, 0.15) is 12.5 Å². The van der Waals surface area contributed by atoms with E-state index in [9.17, 15) is 26.7 Å². The Morgan fingerprint density at radius 3 is 2.30 bits per heavy atom. The Labute approximate surface area is 175 Å². The van der Waals surface area contributed by atoms with Crippen LogP contribution in [0.2, 0.25) is 0 Å². The Bertz CT molecular complexity index is 1140. The second-order valence-electron chi connectivity index (χ2n) is 5.96. The minimum atomic E-state index is -2.33. The summed E-state index contributed by atoms with van der Waals surface area (Å²) < 4.78 is 74.2. The van der Waals surface area contributed by atoms with Gasteiger partial charge in [0.25, 0.3) is 5.91 Å². The first-order valence-electron chi connectivity index (χ1n) is 8.16. The zero-order valence-corrected chi connectivity index (χ0v) is 16.7. The lowest BCUT2D eigenvalue weighted by Gasteiger charge is -2.15. The van der Waals surface area contributed by atoms with E-state index in [1.165, 1.54) is 13.0 Å². The smallest absolute Gasteiger partial charge is 0.280 e. The molecule has 0 aliphatic carbocycles. The predicted molar refractivity (Wildman–Crippen MR) is 103 cm³/mol. The highest BCUT2D eigenvalue weighted by atomic mass is 79.9. The van der Waals surface area contributed by atoms with Crippen LogP contribution in [0.3, 0.4) is 0 Å². The van der Waals surface area contributed by atoms with Crippen molar-refractivity contribution in [3.05, 3.63) is 62.9 Å². The van der Waals surface area contributed by atoms with Gasteiger partial charge in [0, 0.05) is 0 Å². The molecule has 154 valence electrons. The Morgan fingerprint density at radius 2 is 1.73 bits per heavy atom. The number of hydrazone groups is 1. The average Bonchev–Trinajstić information content (AvgIpc) is 2.98. The monoisotopic (exact) mass is 484 g/mol. The third kappa shape index (κ3) is 3.68. The van der Waals surface area contributed by atoms with Gasteiger partial charge in [-0.1, -0.05) is 12.0 Å². The summed E-state index contributed by atoms with van der Waals surface area (Å²) in [7, 11) is 0. The number of benzene rings is 2. The molecule has 3 rings (SSSR count). The number of hydrogen-bond donors (Lipinski definition) is 0. The van der Waals surface area contributed by atoms with E-state index in [1.54, 1.807) is 18.2 Å². The van der Waals surface area contributed by atoms with Gasteiger partial charge < -0.3 is 4.74 Å². The summed E-state index contributed by atoms with van der Waals surface area (Å²) in [6, 6.07) is 4.73. The molecule has 0 saturated heterocycles. The van der Waals surface area contributed by atoms with Crippen LogP contribution in [0.4, 0.5) is 27.6 Å². The normalized spacial score (nSPS) is 14.9. The van der Waals surface area contributed by atoms with E-state index in [0.29, 0.717) is 15.8 Å². The molecular formula is C20H10BrF5N2O2. The number of hydrogen-bond acceptors (Lipinski definition) is 3. The number of nitrogens with zero attached hydrogens (tertiary/aromatic N) is 2. The van der Waals surface area contributed by atoms with Gasteiger partial charge in [-0.3, -0.25) is 4.79 Å². The summed E-state index contributed by atoms with van der Waals surface area (Å²) in [6.07, 6.45) is 6.48. The summed E-state index contributed by atoms with van der Waals surface area (Å²) in [5.41, 5.74) is -1.04. The predicted octanol–water partition coefficient (Wildman–Crippen LogP) is 4.96. The third-order valence-corrected chi connectivity index (χ3v) is 4.66. The summed E-state index contributed by atoms with van der Waals surface area (Å²) in [5, 5.41) is 3.82. The molecule has 2 aromatic carbocycles. The topological polar surface area (TPSA) is 41.9 Å². The number of terminal acetylenes is 1. The molecule has 0 N–H and O–H groups in total. The van der Waals surface area contributed by atoms with E-state index in [0.717, 1.165) is 0 Å². The molecule has 0 radical (unpaired) electrons. The molecule has 4 nitrogen and oxygen atoms in total. The van der Waals surface area contributed by atoms with E-state index in [-0.39, 0.29) is 22.9 Å². The van der Waals surface area contributed by atoms with Crippen molar-refractivity contribution in [3.63, 3.8) is 0 Å². The number of halogens is 6. The first kappa shape index (κ1) is 21.5. The van der Waals surface area contributed by atoms with Crippen molar-refractivity contribution in [2.75, 3.05) is 11.6 Å². The Morgan fingerprint density at radius 1 is 1.13 bits per heavy atom. The van der Waals surface area contributed by atoms with Gasteiger partial charge in [0.15, 0.2) is 23.3 Å². The van der Waals surface area contributed by atoms with E-state index in [2.05, 4.69) is 27.0 Å². The van der Waals surface area contributed by atoms with Gasteiger partial charge >= 0.3 is 0 Å². The van der Waals surface area contributed by atoms with E-state index >= 15 is 0 Å². The van der Waals surface area contributed by atoms with Crippen molar-refractivity contribution < 1.29 is 31.5 Å². The second kappa shape index (κ2) is 8.28. The fourth-order valence-electron chi connectivity index (χ4n) is 2.63. The molecule has 1 amide bonds. The average molecular weight is 485 g/mol. The number of carbonyl (C=O) groups excluding carboxylic acids is 1. The van der Waals surface area contributed by atoms with Gasteiger partial charge in [-0.15, -0.1) is 6.42 Å². The highest BCUT2D eigenvalue weighted by Crippen LogP contribution is 2.34.